The molecule has 1 aromatic heterocycles. The van der Waals surface area contributed by atoms with E-state index in [9.17, 15) is 0 Å². The molecule has 5 nitrogen and oxygen atoms in total. The first kappa shape index (κ1) is 17.9. The Balaban J connectivity index is 1.80. The lowest BCUT2D eigenvalue weighted by molar-refractivity contribution is 0.305. The lowest BCUT2D eigenvalue weighted by atomic mass is 10.2. The molecule has 1 N–H and O–H groups in total. The van der Waals surface area contributed by atoms with Gasteiger partial charge in [-0.2, -0.15) is 5.10 Å². The number of unbranched alkanes of at least 4 members (excludes halogenated alkanes) is 3. The Hall–Kier alpha value is -2.43. The normalized spacial score (nSPS) is 11.0. The predicted octanol–water partition coefficient (Wildman–Crippen LogP) is 4.50. The van der Waals surface area contributed by atoms with E-state index in [1.807, 2.05) is 44.2 Å². The summed E-state index contributed by atoms with van der Waals surface area (Å²) in [7, 11) is 0. The second kappa shape index (κ2) is 9.65. The number of hydrazone groups is 1. The van der Waals surface area contributed by atoms with Gasteiger partial charge in [0, 0.05) is 11.4 Å². The molecular weight excluding hydrogens is 300 g/mol. The quantitative estimate of drug-likeness (QED) is 0.419. The van der Waals surface area contributed by atoms with Gasteiger partial charge in [-0.3, -0.25) is 0 Å². The molecule has 128 valence electrons. The maximum atomic E-state index is 5.73. The molecule has 0 unspecified atom stereocenters. The molecule has 0 saturated carbocycles. The second-order valence-corrected chi connectivity index (χ2v) is 5.82. The third kappa shape index (κ3) is 6.36. The molecule has 0 aliphatic carbocycles. The fourth-order valence-electron chi connectivity index (χ4n) is 2.31. The highest BCUT2D eigenvalue weighted by molar-refractivity contribution is 5.80. The van der Waals surface area contributed by atoms with E-state index in [4.69, 9.17) is 4.74 Å². The van der Waals surface area contributed by atoms with E-state index < -0.39 is 0 Å². The molecule has 0 atom stereocenters. The molecular formula is C19H26N4O. The van der Waals surface area contributed by atoms with Gasteiger partial charge in [0.15, 0.2) is 0 Å². The molecule has 0 aliphatic rings. The van der Waals surface area contributed by atoms with Gasteiger partial charge in [-0.25, -0.2) is 15.4 Å². The summed E-state index contributed by atoms with van der Waals surface area (Å²) in [6.07, 6.45) is 6.60. The Morgan fingerprint density at radius 3 is 2.42 bits per heavy atom. The second-order valence-electron chi connectivity index (χ2n) is 5.82. The van der Waals surface area contributed by atoms with E-state index in [2.05, 4.69) is 27.4 Å². The lowest BCUT2D eigenvalue weighted by Gasteiger charge is -2.06. The zero-order valence-electron chi connectivity index (χ0n) is 14.7. The topological polar surface area (TPSA) is 59.4 Å². The van der Waals surface area contributed by atoms with Gasteiger partial charge in [-0.15, -0.1) is 0 Å². The van der Waals surface area contributed by atoms with Crippen molar-refractivity contribution in [1.82, 2.24) is 9.97 Å². The number of nitrogens with one attached hydrogen (secondary N) is 1. The van der Waals surface area contributed by atoms with Crippen molar-refractivity contribution in [2.45, 2.75) is 46.5 Å². The molecule has 0 saturated heterocycles. The monoisotopic (exact) mass is 326 g/mol. The molecule has 0 radical (unpaired) electrons. The molecule has 0 spiro atoms. The van der Waals surface area contributed by atoms with Crippen molar-refractivity contribution in [3.63, 3.8) is 0 Å². The number of nitrogens with zero attached hydrogens (tertiary/aromatic N) is 3. The van der Waals surface area contributed by atoms with Crippen molar-refractivity contribution in [3.8, 4) is 5.75 Å². The maximum absolute atomic E-state index is 5.73. The molecule has 0 fully saturated rings. The van der Waals surface area contributed by atoms with Crippen LogP contribution in [-0.4, -0.2) is 22.8 Å². The van der Waals surface area contributed by atoms with Crippen molar-refractivity contribution < 1.29 is 4.74 Å². The van der Waals surface area contributed by atoms with Crippen LogP contribution in [0.4, 0.5) is 5.95 Å². The highest BCUT2D eigenvalue weighted by Crippen LogP contribution is 2.12. The van der Waals surface area contributed by atoms with Crippen LogP contribution >= 0.6 is 0 Å². The van der Waals surface area contributed by atoms with Crippen molar-refractivity contribution in [2.24, 2.45) is 5.10 Å². The summed E-state index contributed by atoms with van der Waals surface area (Å²) in [5.74, 6) is 1.41. The average Bonchev–Trinajstić information content (AvgIpc) is 2.55. The zero-order chi connectivity index (χ0) is 17.2. The zero-order valence-corrected chi connectivity index (χ0v) is 14.7. The summed E-state index contributed by atoms with van der Waals surface area (Å²) in [5, 5.41) is 4.18. The van der Waals surface area contributed by atoms with Gasteiger partial charge in [0.05, 0.1) is 12.8 Å². The number of rotatable bonds is 9. The van der Waals surface area contributed by atoms with Gasteiger partial charge >= 0.3 is 0 Å². The van der Waals surface area contributed by atoms with Gasteiger partial charge in [0.25, 0.3) is 0 Å². The Labute approximate surface area is 144 Å². The van der Waals surface area contributed by atoms with Crippen molar-refractivity contribution in [2.75, 3.05) is 12.0 Å². The first-order valence-electron chi connectivity index (χ1n) is 8.51. The van der Waals surface area contributed by atoms with Gasteiger partial charge in [0.2, 0.25) is 5.95 Å². The molecule has 1 heterocycles. The summed E-state index contributed by atoms with van der Waals surface area (Å²) >= 11 is 0. The van der Waals surface area contributed by atoms with Gasteiger partial charge < -0.3 is 4.74 Å². The fraction of sp³-hybridized carbons (Fsp3) is 0.421. The number of hydrogen-bond donors (Lipinski definition) is 1. The van der Waals surface area contributed by atoms with E-state index in [1.165, 1.54) is 19.3 Å². The van der Waals surface area contributed by atoms with Crippen LogP contribution in [0.15, 0.2) is 35.4 Å². The Morgan fingerprint density at radius 1 is 1.04 bits per heavy atom. The summed E-state index contributed by atoms with van der Waals surface area (Å²) in [6.45, 7) is 6.86. The average molecular weight is 326 g/mol. The van der Waals surface area contributed by atoms with Crippen molar-refractivity contribution in [1.29, 1.82) is 0 Å². The van der Waals surface area contributed by atoms with Crippen molar-refractivity contribution >= 4 is 12.2 Å². The molecule has 0 aliphatic heterocycles. The maximum Gasteiger partial charge on any atom is 0.243 e. The smallest absolute Gasteiger partial charge is 0.243 e. The number of aromatic nitrogens is 2. The number of ether oxygens (including phenoxy) is 1. The highest BCUT2D eigenvalue weighted by Gasteiger charge is 1.97. The third-order valence-electron chi connectivity index (χ3n) is 3.51. The van der Waals surface area contributed by atoms with Crippen LogP contribution in [0.1, 0.15) is 49.6 Å². The Kier molecular flexibility index (Phi) is 7.21. The first-order chi connectivity index (χ1) is 11.7. The molecule has 2 aromatic rings. The van der Waals surface area contributed by atoms with E-state index in [1.54, 1.807) is 6.21 Å². The van der Waals surface area contributed by atoms with Crippen LogP contribution in [0.25, 0.3) is 0 Å². The van der Waals surface area contributed by atoms with Crippen LogP contribution in [0.5, 0.6) is 5.75 Å². The first-order valence-corrected chi connectivity index (χ1v) is 8.51. The largest absolute Gasteiger partial charge is 0.494 e. The van der Waals surface area contributed by atoms with Gasteiger partial charge in [-0.1, -0.05) is 26.2 Å². The van der Waals surface area contributed by atoms with Crippen LogP contribution < -0.4 is 10.2 Å². The minimum Gasteiger partial charge on any atom is -0.494 e. The minimum atomic E-state index is 0.510. The molecule has 0 amide bonds. The van der Waals surface area contributed by atoms with E-state index in [0.717, 1.165) is 35.7 Å². The predicted molar refractivity (Wildman–Crippen MR) is 98.8 cm³/mol. The Morgan fingerprint density at radius 2 is 1.75 bits per heavy atom. The summed E-state index contributed by atoms with van der Waals surface area (Å²) in [6, 6.07) is 9.82. The lowest BCUT2D eigenvalue weighted by Crippen LogP contribution is -2.00. The van der Waals surface area contributed by atoms with E-state index >= 15 is 0 Å². The van der Waals surface area contributed by atoms with E-state index in [-0.39, 0.29) is 0 Å². The van der Waals surface area contributed by atoms with Crippen LogP contribution in [0.2, 0.25) is 0 Å². The number of benzene rings is 1. The Bertz CT molecular complexity index is 633. The van der Waals surface area contributed by atoms with Crippen LogP contribution in [0, 0.1) is 13.8 Å². The number of hydrogen-bond acceptors (Lipinski definition) is 5. The number of aryl methyl sites for hydroxylation is 2. The molecule has 0 bridgehead atoms. The fourth-order valence-corrected chi connectivity index (χ4v) is 2.31. The SMILES string of the molecule is CCCCCCOc1ccc(/C=N\Nc2nc(C)cc(C)n2)cc1. The van der Waals surface area contributed by atoms with E-state index in [0.29, 0.717) is 5.95 Å². The van der Waals surface area contributed by atoms with Gasteiger partial charge in [0.1, 0.15) is 5.75 Å². The summed E-state index contributed by atoms with van der Waals surface area (Å²) in [5.41, 5.74) is 5.68. The molecule has 5 heteroatoms. The molecule has 1 aromatic carbocycles. The molecule has 24 heavy (non-hydrogen) atoms. The summed E-state index contributed by atoms with van der Waals surface area (Å²) < 4.78 is 5.73. The van der Waals surface area contributed by atoms with Crippen LogP contribution in [-0.2, 0) is 0 Å². The molecule has 2 rings (SSSR count). The van der Waals surface area contributed by atoms with Gasteiger partial charge in [-0.05, 0) is 56.2 Å². The standard InChI is InChI=1S/C19H26N4O/c1-4-5-6-7-12-24-18-10-8-17(9-11-18)14-20-23-19-21-15(2)13-16(3)22-19/h8-11,13-14H,4-7,12H2,1-3H3,(H,21,22,23)/b20-14-. The summed E-state index contributed by atoms with van der Waals surface area (Å²) in [4.78, 5) is 8.56. The van der Waals surface area contributed by atoms with Crippen LogP contribution in [0.3, 0.4) is 0 Å². The minimum absolute atomic E-state index is 0.510. The number of anilines is 1. The van der Waals surface area contributed by atoms with Crippen molar-refractivity contribution in [3.05, 3.63) is 47.3 Å². The highest BCUT2D eigenvalue weighted by atomic mass is 16.5. The third-order valence-corrected chi connectivity index (χ3v) is 3.51.